The minimum atomic E-state index is -5.42. The van der Waals surface area contributed by atoms with E-state index in [1.54, 1.807) is 29.2 Å². The molecule has 5 nitrogen and oxygen atoms in total. The molecule has 3 aromatic rings. The molecule has 3 aromatic carbocycles. The summed E-state index contributed by atoms with van der Waals surface area (Å²) in [6, 6.07) is 18.5. The van der Waals surface area contributed by atoms with Crippen molar-refractivity contribution in [2.75, 3.05) is 44.7 Å². The lowest BCUT2D eigenvalue weighted by Crippen LogP contribution is -2.32. The van der Waals surface area contributed by atoms with Crippen LogP contribution in [-0.2, 0) is 23.6 Å². The number of allylic oxidation sites excluding steroid dienone is 1. The van der Waals surface area contributed by atoms with Crippen molar-refractivity contribution in [1.29, 1.82) is 0 Å². The Labute approximate surface area is 255 Å². The highest BCUT2D eigenvalue weighted by Crippen LogP contribution is 2.48. The first-order valence-electron chi connectivity index (χ1n) is 14.1. The Morgan fingerprint density at radius 3 is 2.34 bits per heavy atom. The van der Waals surface area contributed by atoms with E-state index in [2.05, 4.69) is 22.3 Å². The lowest BCUT2D eigenvalue weighted by molar-refractivity contribution is -0.163. The third-order valence-corrected chi connectivity index (χ3v) is 8.49. The Balaban J connectivity index is 1.36. The Bertz CT molecular complexity index is 1470. The first-order chi connectivity index (χ1) is 21.0. The molecule has 0 spiro atoms. The van der Waals surface area contributed by atoms with Crippen molar-refractivity contribution in [2.45, 2.75) is 41.2 Å². The van der Waals surface area contributed by atoms with Gasteiger partial charge in [-0.15, -0.1) is 0 Å². The molecular formula is C32H31F6N3O2S. The number of hydrogen-bond acceptors (Lipinski definition) is 6. The van der Waals surface area contributed by atoms with Crippen LogP contribution in [-0.4, -0.2) is 61.0 Å². The molecule has 0 aliphatic carbocycles. The fourth-order valence-electron chi connectivity index (χ4n) is 5.39. The van der Waals surface area contributed by atoms with E-state index in [0.29, 0.717) is 48.6 Å². The standard InChI is InChI=1S/C32H31F6N3O2S/c33-31(34,35)29-26(27(42)12-14-40-15-17-43-18-16-40)9-10-28(30(29)32(36,37)38)44-25-8-4-7-23(19-25)39-24-11-13-41(21-24)20-22-5-2-1-3-6-22/h1-10,12,14,19,24,39H,11,13,15-18,20-21H2. The predicted molar refractivity (Wildman–Crippen MR) is 157 cm³/mol. The van der Waals surface area contributed by atoms with E-state index in [-0.39, 0.29) is 6.04 Å². The number of nitrogens with one attached hydrogen (secondary N) is 1. The molecule has 5 rings (SSSR count). The number of halogens is 6. The highest BCUT2D eigenvalue weighted by Gasteiger charge is 2.47. The molecule has 12 heteroatoms. The lowest BCUT2D eigenvalue weighted by Gasteiger charge is -2.25. The molecule has 2 heterocycles. The van der Waals surface area contributed by atoms with Crippen molar-refractivity contribution in [3.05, 3.63) is 101 Å². The Hall–Kier alpha value is -3.48. The largest absolute Gasteiger partial charge is 0.418 e. The summed E-state index contributed by atoms with van der Waals surface area (Å²) < 4.78 is 90.9. The molecule has 234 valence electrons. The molecule has 1 N–H and O–H groups in total. The third kappa shape index (κ3) is 8.16. The van der Waals surface area contributed by atoms with Gasteiger partial charge in [0.05, 0.1) is 24.3 Å². The van der Waals surface area contributed by atoms with Crippen LogP contribution in [0.15, 0.2) is 88.8 Å². The number of morpholine rings is 1. The summed E-state index contributed by atoms with van der Waals surface area (Å²) in [5.74, 6) is -1.16. The molecule has 2 aliphatic heterocycles. The van der Waals surface area contributed by atoms with Gasteiger partial charge in [0.2, 0.25) is 0 Å². The van der Waals surface area contributed by atoms with E-state index in [0.717, 1.165) is 44.3 Å². The summed E-state index contributed by atoms with van der Waals surface area (Å²) in [6.45, 7) is 4.04. The third-order valence-electron chi connectivity index (χ3n) is 7.44. The van der Waals surface area contributed by atoms with E-state index in [1.807, 2.05) is 18.2 Å². The molecule has 0 aromatic heterocycles. The van der Waals surface area contributed by atoms with Gasteiger partial charge in [0, 0.05) is 72.1 Å². The number of carbonyl (C=O) groups excluding carboxylic acids is 1. The topological polar surface area (TPSA) is 44.8 Å². The average molecular weight is 636 g/mol. The van der Waals surface area contributed by atoms with Crippen LogP contribution in [0.4, 0.5) is 32.0 Å². The first-order valence-corrected chi connectivity index (χ1v) is 15.0. The van der Waals surface area contributed by atoms with Gasteiger partial charge in [-0.25, -0.2) is 0 Å². The number of alkyl halides is 6. The summed E-state index contributed by atoms with van der Waals surface area (Å²) in [4.78, 5) is 16.5. The number of likely N-dealkylation sites (tertiary alicyclic amines) is 1. The second kappa shape index (κ2) is 13.7. The molecule has 0 saturated carbocycles. The van der Waals surface area contributed by atoms with E-state index in [1.165, 1.54) is 11.8 Å². The zero-order valence-electron chi connectivity index (χ0n) is 23.6. The second-order valence-corrected chi connectivity index (χ2v) is 11.8. The highest BCUT2D eigenvalue weighted by atomic mass is 32.2. The van der Waals surface area contributed by atoms with Gasteiger partial charge in [-0.2, -0.15) is 26.3 Å². The number of anilines is 1. The van der Waals surface area contributed by atoms with Crippen molar-refractivity contribution >= 4 is 23.2 Å². The zero-order valence-corrected chi connectivity index (χ0v) is 24.4. The smallest absolute Gasteiger partial charge is 0.381 e. The van der Waals surface area contributed by atoms with Crippen LogP contribution in [0.3, 0.4) is 0 Å². The summed E-state index contributed by atoms with van der Waals surface area (Å²) in [5, 5.41) is 3.41. The van der Waals surface area contributed by atoms with E-state index < -0.39 is 39.7 Å². The minimum absolute atomic E-state index is 0.109. The summed E-state index contributed by atoms with van der Waals surface area (Å²) in [6.07, 6.45) is -7.74. The van der Waals surface area contributed by atoms with Crippen molar-refractivity contribution < 1.29 is 35.9 Å². The minimum Gasteiger partial charge on any atom is -0.381 e. The van der Waals surface area contributed by atoms with Crippen LogP contribution in [0, 0.1) is 0 Å². The summed E-state index contributed by atoms with van der Waals surface area (Å²) >= 11 is 0.580. The van der Waals surface area contributed by atoms with E-state index in [4.69, 9.17) is 4.74 Å². The molecule has 1 atom stereocenters. The number of hydrogen-bond donors (Lipinski definition) is 1. The van der Waals surface area contributed by atoms with Gasteiger partial charge in [0.25, 0.3) is 0 Å². The molecule has 1 unspecified atom stereocenters. The van der Waals surface area contributed by atoms with Crippen LogP contribution >= 0.6 is 11.8 Å². The maximum atomic E-state index is 14.3. The number of rotatable bonds is 9. The molecule has 2 saturated heterocycles. The molecular weight excluding hydrogens is 604 g/mol. The van der Waals surface area contributed by atoms with Crippen molar-refractivity contribution in [1.82, 2.24) is 9.80 Å². The van der Waals surface area contributed by atoms with Crippen LogP contribution in [0.5, 0.6) is 0 Å². The number of benzene rings is 3. The van der Waals surface area contributed by atoms with Gasteiger partial charge < -0.3 is 15.0 Å². The van der Waals surface area contributed by atoms with Gasteiger partial charge in [-0.05, 0) is 42.3 Å². The monoisotopic (exact) mass is 635 g/mol. The molecule has 44 heavy (non-hydrogen) atoms. The normalized spacial score (nSPS) is 18.2. The first kappa shape index (κ1) is 31.9. The van der Waals surface area contributed by atoms with Crippen LogP contribution in [0.1, 0.15) is 33.5 Å². The molecule has 2 fully saturated rings. The second-order valence-electron chi connectivity index (χ2n) is 10.7. The summed E-state index contributed by atoms with van der Waals surface area (Å²) in [7, 11) is 0. The van der Waals surface area contributed by atoms with Crippen LogP contribution in [0.25, 0.3) is 0 Å². The van der Waals surface area contributed by atoms with Gasteiger partial charge in [-0.3, -0.25) is 9.69 Å². The fraction of sp³-hybridized carbons (Fsp3) is 0.344. The molecule has 0 amide bonds. The predicted octanol–water partition coefficient (Wildman–Crippen LogP) is 7.59. The number of carbonyl (C=O) groups is 1. The van der Waals surface area contributed by atoms with Crippen LogP contribution < -0.4 is 5.32 Å². The maximum absolute atomic E-state index is 14.3. The van der Waals surface area contributed by atoms with Crippen molar-refractivity contribution in [3.63, 3.8) is 0 Å². The van der Waals surface area contributed by atoms with Gasteiger partial charge in [0.15, 0.2) is 5.78 Å². The van der Waals surface area contributed by atoms with E-state index >= 15 is 0 Å². The highest BCUT2D eigenvalue weighted by molar-refractivity contribution is 7.99. The molecule has 2 aliphatic rings. The van der Waals surface area contributed by atoms with Gasteiger partial charge in [0.1, 0.15) is 0 Å². The Morgan fingerprint density at radius 1 is 0.909 bits per heavy atom. The quantitative estimate of drug-likeness (QED) is 0.149. The Morgan fingerprint density at radius 2 is 1.64 bits per heavy atom. The number of ketones is 1. The number of ether oxygens (including phenoxy) is 1. The molecule has 0 radical (unpaired) electrons. The van der Waals surface area contributed by atoms with Gasteiger partial charge in [-0.1, -0.05) is 48.2 Å². The summed E-state index contributed by atoms with van der Waals surface area (Å²) in [5.41, 5.74) is -3.04. The van der Waals surface area contributed by atoms with Gasteiger partial charge >= 0.3 is 12.4 Å². The van der Waals surface area contributed by atoms with Crippen molar-refractivity contribution in [3.8, 4) is 0 Å². The maximum Gasteiger partial charge on any atom is 0.418 e. The van der Waals surface area contributed by atoms with Crippen molar-refractivity contribution in [2.24, 2.45) is 0 Å². The van der Waals surface area contributed by atoms with Crippen LogP contribution in [0.2, 0.25) is 0 Å². The zero-order chi connectivity index (χ0) is 31.3. The Kier molecular flexibility index (Phi) is 9.91. The SMILES string of the molecule is O=C(C=CN1CCOCC1)c1ccc(Sc2cccc(NC3CCN(Cc4ccccc4)C3)c2)c(C(F)(F)F)c1C(F)(F)F. The fourth-order valence-corrected chi connectivity index (χ4v) is 6.43. The molecule has 0 bridgehead atoms. The lowest BCUT2D eigenvalue weighted by atomic mass is 9.96. The van der Waals surface area contributed by atoms with E-state index in [9.17, 15) is 31.1 Å². The number of nitrogens with zero attached hydrogens (tertiary/aromatic N) is 2. The average Bonchev–Trinajstić information content (AvgIpc) is 3.42.